The highest BCUT2D eigenvalue weighted by Gasteiger charge is 2.31. The van der Waals surface area contributed by atoms with Gasteiger partial charge in [-0.25, -0.2) is 4.39 Å². The van der Waals surface area contributed by atoms with Crippen molar-refractivity contribution in [3.05, 3.63) is 57.5 Å². The predicted molar refractivity (Wildman–Crippen MR) is 61.8 cm³/mol. The Kier molecular flexibility index (Phi) is 3.41. The molecule has 18 heavy (non-hydrogen) atoms. The van der Waals surface area contributed by atoms with Gasteiger partial charge in [0.15, 0.2) is 0 Å². The average molecular weight is 275 g/mol. The molecule has 96 valence electrons. The van der Waals surface area contributed by atoms with Crippen LogP contribution in [0.5, 0.6) is 0 Å². The zero-order chi connectivity index (χ0) is 13.3. The SMILES string of the molecule is N[C@H](c1ccsc1)c1cc(F)cc(C(F)(F)F)c1. The average Bonchev–Trinajstić information content (AvgIpc) is 2.79. The summed E-state index contributed by atoms with van der Waals surface area (Å²) in [4.78, 5) is 0. The Bertz CT molecular complexity index is 534. The second-order valence-corrected chi connectivity index (χ2v) is 4.59. The fourth-order valence-corrected chi connectivity index (χ4v) is 2.30. The summed E-state index contributed by atoms with van der Waals surface area (Å²) in [5.74, 6) is -0.939. The maximum absolute atomic E-state index is 13.2. The number of rotatable bonds is 2. The molecule has 2 aromatic rings. The standard InChI is InChI=1S/C12H9F4NS/c13-10-4-8(3-9(5-10)12(14,15)16)11(17)7-1-2-18-6-7/h1-6,11H,17H2/t11-/m1/s1. The van der Waals surface area contributed by atoms with Gasteiger partial charge < -0.3 is 5.73 Å². The van der Waals surface area contributed by atoms with Crippen LogP contribution in [0, 0.1) is 5.82 Å². The first-order valence-electron chi connectivity index (χ1n) is 5.03. The summed E-state index contributed by atoms with van der Waals surface area (Å²) in [6.07, 6.45) is -4.58. The summed E-state index contributed by atoms with van der Waals surface area (Å²) in [6, 6.07) is 3.31. The summed E-state index contributed by atoms with van der Waals surface area (Å²) >= 11 is 1.38. The van der Waals surface area contributed by atoms with Crippen LogP contribution in [0.3, 0.4) is 0 Å². The van der Waals surface area contributed by atoms with Crippen molar-refractivity contribution in [1.82, 2.24) is 0 Å². The molecule has 0 amide bonds. The first-order chi connectivity index (χ1) is 8.38. The van der Waals surface area contributed by atoms with Gasteiger partial charge in [0.25, 0.3) is 0 Å². The van der Waals surface area contributed by atoms with E-state index in [1.807, 2.05) is 0 Å². The molecular formula is C12H9F4NS. The van der Waals surface area contributed by atoms with E-state index in [2.05, 4.69) is 0 Å². The van der Waals surface area contributed by atoms with Gasteiger partial charge in [-0.1, -0.05) is 0 Å². The molecule has 2 N–H and O–H groups in total. The summed E-state index contributed by atoms with van der Waals surface area (Å²) in [6.45, 7) is 0. The van der Waals surface area contributed by atoms with Crippen LogP contribution in [0.15, 0.2) is 35.0 Å². The Balaban J connectivity index is 2.43. The first-order valence-corrected chi connectivity index (χ1v) is 5.97. The van der Waals surface area contributed by atoms with Crippen molar-refractivity contribution in [1.29, 1.82) is 0 Å². The summed E-state index contributed by atoms with van der Waals surface area (Å²) < 4.78 is 50.9. The van der Waals surface area contributed by atoms with Gasteiger partial charge in [0, 0.05) is 0 Å². The van der Waals surface area contributed by atoms with Gasteiger partial charge in [0.05, 0.1) is 11.6 Å². The van der Waals surface area contributed by atoms with Crippen LogP contribution in [-0.2, 0) is 6.18 Å². The van der Waals surface area contributed by atoms with Crippen molar-refractivity contribution in [2.45, 2.75) is 12.2 Å². The van der Waals surface area contributed by atoms with Crippen molar-refractivity contribution in [3.63, 3.8) is 0 Å². The van der Waals surface area contributed by atoms with Gasteiger partial charge in [-0.3, -0.25) is 0 Å². The predicted octanol–water partition coefficient (Wildman–Crippen LogP) is 3.95. The lowest BCUT2D eigenvalue weighted by Gasteiger charge is -2.14. The van der Waals surface area contributed by atoms with Crippen molar-refractivity contribution < 1.29 is 17.6 Å². The van der Waals surface area contributed by atoms with Gasteiger partial charge in [-0.05, 0) is 46.2 Å². The largest absolute Gasteiger partial charge is 0.416 e. The highest BCUT2D eigenvalue weighted by Crippen LogP contribution is 2.32. The normalized spacial score (nSPS) is 13.6. The molecule has 0 saturated carbocycles. The lowest BCUT2D eigenvalue weighted by atomic mass is 10.00. The molecule has 0 fully saturated rings. The topological polar surface area (TPSA) is 26.0 Å². The highest BCUT2D eigenvalue weighted by atomic mass is 32.1. The quantitative estimate of drug-likeness (QED) is 0.825. The number of hydrogen-bond acceptors (Lipinski definition) is 2. The Labute approximate surface area is 105 Å². The number of nitrogens with two attached hydrogens (primary N) is 1. The number of thiophene rings is 1. The smallest absolute Gasteiger partial charge is 0.320 e. The molecule has 0 saturated heterocycles. The van der Waals surface area contributed by atoms with Crippen molar-refractivity contribution >= 4 is 11.3 Å². The molecule has 1 nitrogen and oxygen atoms in total. The van der Waals surface area contributed by atoms with Gasteiger partial charge in [-0.15, -0.1) is 0 Å². The van der Waals surface area contributed by atoms with Gasteiger partial charge in [0.2, 0.25) is 0 Å². The first kappa shape index (κ1) is 13.0. The Hall–Kier alpha value is -1.40. The lowest BCUT2D eigenvalue weighted by Crippen LogP contribution is -2.14. The summed E-state index contributed by atoms with van der Waals surface area (Å²) in [5, 5.41) is 3.49. The molecule has 0 spiro atoms. The molecule has 0 aliphatic rings. The third-order valence-electron chi connectivity index (χ3n) is 2.51. The minimum absolute atomic E-state index is 0.112. The number of hydrogen-bond donors (Lipinski definition) is 1. The maximum atomic E-state index is 13.2. The van der Waals surface area contributed by atoms with Crippen LogP contribution < -0.4 is 5.73 Å². The molecule has 6 heteroatoms. The van der Waals surface area contributed by atoms with Gasteiger partial charge in [0.1, 0.15) is 5.82 Å². The molecule has 1 heterocycles. The van der Waals surface area contributed by atoms with Gasteiger partial charge in [-0.2, -0.15) is 24.5 Å². The van der Waals surface area contributed by atoms with Crippen LogP contribution in [0.1, 0.15) is 22.7 Å². The third-order valence-corrected chi connectivity index (χ3v) is 3.21. The molecule has 0 aliphatic carbocycles. The molecule has 2 rings (SSSR count). The zero-order valence-corrected chi connectivity index (χ0v) is 9.86. The van der Waals surface area contributed by atoms with Gasteiger partial charge >= 0.3 is 6.18 Å². The van der Waals surface area contributed by atoms with E-state index < -0.39 is 23.6 Å². The maximum Gasteiger partial charge on any atom is 0.416 e. The molecule has 0 aliphatic heterocycles. The van der Waals surface area contributed by atoms with Crippen LogP contribution in [0.25, 0.3) is 0 Å². The highest BCUT2D eigenvalue weighted by molar-refractivity contribution is 7.08. The second-order valence-electron chi connectivity index (χ2n) is 3.81. The summed E-state index contributed by atoms with van der Waals surface area (Å²) in [5.41, 5.74) is 5.57. The molecule has 0 bridgehead atoms. The van der Waals surface area contributed by atoms with Crippen LogP contribution >= 0.6 is 11.3 Å². The van der Waals surface area contributed by atoms with E-state index >= 15 is 0 Å². The summed E-state index contributed by atoms with van der Waals surface area (Å²) in [7, 11) is 0. The Morgan fingerprint density at radius 2 is 1.83 bits per heavy atom. The molecule has 1 aromatic heterocycles. The molecule has 1 aromatic carbocycles. The number of halogens is 4. The number of alkyl halides is 3. The van der Waals surface area contributed by atoms with E-state index in [-0.39, 0.29) is 5.56 Å². The lowest BCUT2D eigenvalue weighted by molar-refractivity contribution is -0.137. The third kappa shape index (κ3) is 2.70. The Morgan fingerprint density at radius 3 is 2.39 bits per heavy atom. The minimum Gasteiger partial charge on any atom is -0.320 e. The molecule has 0 radical (unpaired) electrons. The second kappa shape index (κ2) is 4.70. The minimum atomic E-state index is -4.58. The van der Waals surface area contributed by atoms with E-state index in [0.29, 0.717) is 11.6 Å². The van der Waals surface area contributed by atoms with Crippen molar-refractivity contribution in [2.24, 2.45) is 5.73 Å². The molecular weight excluding hydrogens is 266 g/mol. The molecule has 0 unspecified atom stereocenters. The Morgan fingerprint density at radius 1 is 1.11 bits per heavy atom. The van der Waals surface area contributed by atoms with Crippen LogP contribution in [-0.4, -0.2) is 0 Å². The van der Waals surface area contributed by atoms with Crippen LogP contribution in [0.2, 0.25) is 0 Å². The van der Waals surface area contributed by atoms with Crippen molar-refractivity contribution in [2.75, 3.05) is 0 Å². The van der Waals surface area contributed by atoms with Crippen LogP contribution in [0.4, 0.5) is 17.6 Å². The fraction of sp³-hybridized carbons (Fsp3) is 0.167. The number of benzene rings is 1. The van der Waals surface area contributed by atoms with E-state index in [0.717, 1.165) is 12.1 Å². The van der Waals surface area contributed by atoms with E-state index in [1.54, 1.807) is 16.8 Å². The van der Waals surface area contributed by atoms with E-state index in [9.17, 15) is 17.6 Å². The van der Waals surface area contributed by atoms with E-state index in [4.69, 9.17) is 5.73 Å². The van der Waals surface area contributed by atoms with Crippen molar-refractivity contribution in [3.8, 4) is 0 Å². The zero-order valence-electron chi connectivity index (χ0n) is 9.04. The van der Waals surface area contributed by atoms with E-state index in [1.165, 1.54) is 11.3 Å². The fourth-order valence-electron chi connectivity index (χ4n) is 1.60. The molecule has 1 atom stereocenters. The monoisotopic (exact) mass is 275 g/mol.